The summed E-state index contributed by atoms with van der Waals surface area (Å²) in [6.07, 6.45) is 5.04. The van der Waals surface area contributed by atoms with Crippen LogP contribution in [0.15, 0.2) is 24.3 Å². The van der Waals surface area contributed by atoms with Gasteiger partial charge in [-0.2, -0.15) is 0 Å². The Morgan fingerprint density at radius 3 is 2.28 bits per heavy atom. The second-order valence-electron chi connectivity index (χ2n) is 7.64. The van der Waals surface area contributed by atoms with Crippen molar-refractivity contribution in [2.45, 2.75) is 50.7 Å². The number of amides is 2. The van der Waals surface area contributed by atoms with Crippen molar-refractivity contribution >= 4 is 48.2 Å². The Bertz CT molecular complexity index is 656. The number of hydrogen-bond donors (Lipinski definition) is 3. The van der Waals surface area contributed by atoms with Gasteiger partial charge in [-0.25, -0.2) is 0 Å². The number of rotatable bonds is 9. The van der Waals surface area contributed by atoms with Crippen molar-refractivity contribution < 1.29 is 9.59 Å². The number of halogens is 3. The molecule has 1 aliphatic heterocycles. The molecule has 6 nitrogen and oxygen atoms in total. The maximum Gasteiger partial charge on any atom is 0.233 e. The highest BCUT2D eigenvalue weighted by Crippen LogP contribution is 2.35. The molecule has 29 heavy (non-hydrogen) atoms. The number of likely N-dealkylation sites (tertiary alicyclic amines) is 1. The number of nitrogens with two attached hydrogens (primary N) is 1. The van der Waals surface area contributed by atoms with E-state index < -0.39 is 0 Å². The molecule has 1 aromatic carbocycles. The van der Waals surface area contributed by atoms with Crippen molar-refractivity contribution in [3.63, 3.8) is 0 Å². The first-order chi connectivity index (χ1) is 13.0. The summed E-state index contributed by atoms with van der Waals surface area (Å²) in [6, 6.07) is 8.06. The van der Waals surface area contributed by atoms with Crippen LogP contribution in [0.5, 0.6) is 0 Å². The van der Waals surface area contributed by atoms with E-state index in [2.05, 4.69) is 15.5 Å². The molecule has 164 valence electrons. The van der Waals surface area contributed by atoms with E-state index in [1.807, 2.05) is 24.3 Å². The lowest BCUT2D eigenvalue weighted by molar-refractivity contribution is -0.123. The van der Waals surface area contributed by atoms with E-state index in [1.54, 1.807) is 0 Å². The summed E-state index contributed by atoms with van der Waals surface area (Å²) in [5.41, 5.74) is 6.42. The van der Waals surface area contributed by atoms with E-state index in [9.17, 15) is 9.59 Å². The molecule has 1 saturated heterocycles. The third kappa shape index (κ3) is 8.30. The normalized spacial score (nSPS) is 21.0. The first kappa shape index (κ1) is 26.0. The average molecular weight is 466 g/mol. The van der Waals surface area contributed by atoms with Crippen LogP contribution in [0.4, 0.5) is 0 Å². The van der Waals surface area contributed by atoms with Gasteiger partial charge in [-0.3, -0.25) is 14.5 Å². The molecule has 4 N–H and O–H groups in total. The van der Waals surface area contributed by atoms with Gasteiger partial charge in [0.05, 0.1) is 6.54 Å². The quantitative estimate of drug-likeness (QED) is 0.523. The summed E-state index contributed by atoms with van der Waals surface area (Å²) in [7, 11) is 0. The molecule has 1 aliphatic carbocycles. The lowest BCUT2D eigenvalue weighted by Gasteiger charge is -2.30. The lowest BCUT2D eigenvalue weighted by Crippen LogP contribution is -2.46. The minimum atomic E-state index is -0.120. The monoisotopic (exact) mass is 464 g/mol. The maximum absolute atomic E-state index is 12.5. The summed E-state index contributed by atoms with van der Waals surface area (Å²) < 4.78 is 0. The summed E-state index contributed by atoms with van der Waals surface area (Å²) in [5, 5.41) is 6.61. The second kappa shape index (κ2) is 12.6. The summed E-state index contributed by atoms with van der Waals surface area (Å²) >= 11 is 5.89. The number of carbonyl (C=O) groups excluding carboxylic acids is 2. The lowest BCUT2D eigenvalue weighted by atomic mass is 10.1. The second-order valence-corrected chi connectivity index (χ2v) is 8.08. The van der Waals surface area contributed by atoms with Crippen LogP contribution in [-0.2, 0) is 16.1 Å². The largest absolute Gasteiger partial charge is 0.353 e. The Kier molecular flexibility index (Phi) is 11.3. The zero-order chi connectivity index (χ0) is 19.2. The summed E-state index contributed by atoms with van der Waals surface area (Å²) in [5.74, 6) is 0.698. The molecule has 2 atom stereocenters. The van der Waals surface area contributed by atoms with E-state index in [1.165, 1.54) is 12.8 Å². The summed E-state index contributed by atoms with van der Waals surface area (Å²) in [6.45, 7) is 2.18. The Hall–Kier alpha value is -1.05. The fourth-order valence-corrected chi connectivity index (χ4v) is 3.87. The predicted octanol–water partition coefficient (Wildman–Crippen LogP) is 2.51. The van der Waals surface area contributed by atoms with Gasteiger partial charge >= 0.3 is 0 Å². The zero-order valence-electron chi connectivity index (χ0n) is 16.4. The van der Waals surface area contributed by atoms with Gasteiger partial charge in [0.1, 0.15) is 0 Å². The van der Waals surface area contributed by atoms with Gasteiger partial charge in [-0.15, -0.1) is 24.8 Å². The van der Waals surface area contributed by atoms with Gasteiger partial charge in [-0.1, -0.05) is 23.7 Å². The third-order valence-corrected chi connectivity index (χ3v) is 5.73. The molecule has 0 radical (unpaired) electrons. The van der Waals surface area contributed by atoms with E-state index in [4.69, 9.17) is 17.3 Å². The van der Waals surface area contributed by atoms with Gasteiger partial charge < -0.3 is 16.4 Å². The first-order valence-corrected chi connectivity index (χ1v) is 10.2. The number of benzene rings is 1. The molecule has 2 fully saturated rings. The molecule has 2 amide bonds. The number of nitrogens with one attached hydrogen (secondary N) is 2. The Labute approximate surface area is 190 Å². The number of carbonyl (C=O) groups is 2. The highest BCUT2D eigenvalue weighted by Gasteiger charge is 2.37. The van der Waals surface area contributed by atoms with Crippen LogP contribution in [0, 0.1) is 5.92 Å². The fraction of sp³-hybridized carbons (Fsp3) is 0.600. The van der Waals surface area contributed by atoms with Crippen LogP contribution in [0.3, 0.4) is 0 Å². The topological polar surface area (TPSA) is 87.5 Å². The van der Waals surface area contributed by atoms with Crippen LogP contribution in [0.2, 0.25) is 5.02 Å². The number of nitrogens with zero attached hydrogens (tertiary/aromatic N) is 1. The van der Waals surface area contributed by atoms with Crippen molar-refractivity contribution in [2.75, 3.05) is 19.6 Å². The minimum absolute atomic E-state index is 0. The standard InChI is InChI=1S/C20H29ClN4O2.2ClH/c21-16-5-3-14(4-6-16)11-23-19(26)9-17-7-8-18(12-24-20(27)10-22)25(17)13-15-1-2-15;;/h3-6,15,17-18H,1-2,7-13,22H2,(H,23,26)(H,24,27);2*1H/t17-,18+;;/m1../s1. The molecule has 1 aromatic rings. The highest BCUT2D eigenvalue weighted by atomic mass is 35.5. The van der Waals surface area contributed by atoms with Gasteiger partial charge in [0.15, 0.2) is 0 Å². The molecule has 1 heterocycles. The van der Waals surface area contributed by atoms with Gasteiger partial charge in [-0.05, 0) is 49.3 Å². The molecule has 3 rings (SSSR count). The van der Waals surface area contributed by atoms with Crippen molar-refractivity contribution in [3.8, 4) is 0 Å². The van der Waals surface area contributed by atoms with Crippen LogP contribution < -0.4 is 16.4 Å². The molecular formula is C20H31Cl3N4O2. The molecule has 0 aromatic heterocycles. The van der Waals surface area contributed by atoms with Crippen LogP contribution in [-0.4, -0.2) is 48.4 Å². The maximum atomic E-state index is 12.5. The molecule has 0 unspecified atom stereocenters. The Balaban J connectivity index is 0.00000210. The summed E-state index contributed by atoms with van der Waals surface area (Å²) in [4.78, 5) is 26.4. The van der Waals surface area contributed by atoms with Gasteiger partial charge in [0.2, 0.25) is 11.8 Å². The van der Waals surface area contributed by atoms with Gasteiger partial charge in [0.25, 0.3) is 0 Å². The third-order valence-electron chi connectivity index (χ3n) is 5.48. The van der Waals surface area contributed by atoms with Crippen molar-refractivity contribution in [2.24, 2.45) is 11.7 Å². The van der Waals surface area contributed by atoms with Gasteiger partial charge in [0, 0.05) is 43.2 Å². The van der Waals surface area contributed by atoms with Crippen molar-refractivity contribution in [1.29, 1.82) is 0 Å². The van der Waals surface area contributed by atoms with E-state index in [0.29, 0.717) is 30.6 Å². The van der Waals surface area contributed by atoms with Crippen LogP contribution in [0.25, 0.3) is 0 Å². The molecule has 1 saturated carbocycles. The van der Waals surface area contributed by atoms with Crippen LogP contribution in [0.1, 0.15) is 37.7 Å². The predicted molar refractivity (Wildman–Crippen MR) is 121 cm³/mol. The molecule has 2 aliphatic rings. The molecular weight excluding hydrogens is 435 g/mol. The zero-order valence-corrected chi connectivity index (χ0v) is 18.8. The fourth-order valence-electron chi connectivity index (χ4n) is 3.74. The Morgan fingerprint density at radius 1 is 1.00 bits per heavy atom. The smallest absolute Gasteiger partial charge is 0.233 e. The Morgan fingerprint density at radius 2 is 1.66 bits per heavy atom. The molecule has 0 spiro atoms. The minimum Gasteiger partial charge on any atom is -0.353 e. The first-order valence-electron chi connectivity index (χ1n) is 9.78. The van der Waals surface area contributed by atoms with E-state index in [-0.39, 0.29) is 49.2 Å². The highest BCUT2D eigenvalue weighted by molar-refractivity contribution is 6.30. The molecule has 0 bridgehead atoms. The molecule has 9 heteroatoms. The number of hydrogen-bond acceptors (Lipinski definition) is 4. The van der Waals surface area contributed by atoms with Crippen molar-refractivity contribution in [1.82, 2.24) is 15.5 Å². The van der Waals surface area contributed by atoms with E-state index in [0.717, 1.165) is 30.9 Å². The van der Waals surface area contributed by atoms with E-state index >= 15 is 0 Å². The average Bonchev–Trinajstić information content (AvgIpc) is 3.41. The van der Waals surface area contributed by atoms with Crippen molar-refractivity contribution in [3.05, 3.63) is 34.9 Å². The SMILES string of the molecule is Cl.Cl.NCC(=O)NC[C@@H]1CC[C@H](CC(=O)NCc2ccc(Cl)cc2)N1CC1CC1. The van der Waals surface area contributed by atoms with Crippen LogP contribution >= 0.6 is 36.4 Å².